The lowest BCUT2D eigenvalue weighted by atomic mass is 10.2. The van der Waals surface area contributed by atoms with Crippen LogP contribution in [0.2, 0.25) is 0 Å². The molecule has 6 heteroatoms. The van der Waals surface area contributed by atoms with Gasteiger partial charge in [0.15, 0.2) is 0 Å². The van der Waals surface area contributed by atoms with Gasteiger partial charge >= 0.3 is 0 Å². The molecule has 0 bridgehead atoms. The third kappa shape index (κ3) is 3.88. The number of nitrogens with zero attached hydrogens (tertiary/aromatic N) is 5. The number of aromatic nitrogens is 3. The minimum absolute atomic E-state index is 0.805. The van der Waals surface area contributed by atoms with Crippen LogP contribution >= 0.6 is 15.9 Å². The lowest BCUT2D eigenvalue weighted by molar-refractivity contribution is 0.313. The van der Waals surface area contributed by atoms with E-state index in [2.05, 4.69) is 49.8 Å². The normalized spacial score (nSPS) is 17.2. The summed E-state index contributed by atoms with van der Waals surface area (Å²) in [7, 11) is 0. The topological polar surface area (TPSA) is 45.2 Å². The van der Waals surface area contributed by atoms with Gasteiger partial charge in [-0.3, -0.25) is 0 Å². The molecule has 1 aliphatic heterocycles. The van der Waals surface area contributed by atoms with E-state index in [1.54, 1.807) is 0 Å². The second-order valence-corrected chi connectivity index (χ2v) is 5.88. The maximum Gasteiger partial charge on any atom is 0.245 e. The minimum Gasteiger partial charge on any atom is -0.338 e. The van der Waals surface area contributed by atoms with Gasteiger partial charge in [-0.15, -0.1) is 5.10 Å². The second-order valence-electron chi connectivity index (χ2n) is 5.08. The van der Waals surface area contributed by atoms with Crippen molar-refractivity contribution in [3.05, 3.63) is 11.4 Å². The molecular weight excluding hydrogens is 318 g/mol. The Morgan fingerprint density at radius 3 is 2.50 bits per heavy atom. The molecule has 0 N–H and O–H groups in total. The molecule has 1 aromatic rings. The fourth-order valence-electron chi connectivity index (χ4n) is 2.58. The zero-order valence-corrected chi connectivity index (χ0v) is 14.1. The van der Waals surface area contributed by atoms with Crippen LogP contribution in [0.3, 0.4) is 0 Å². The Kier molecular flexibility index (Phi) is 6.16. The summed E-state index contributed by atoms with van der Waals surface area (Å²) in [6.45, 7) is 9.59. The summed E-state index contributed by atoms with van der Waals surface area (Å²) < 4.78 is 0. The van der Waals surface area contributed by atoms with Crippen molar-refractivity contribution in [3.8, 4) is 0 Å². The SMILES string of the molecule is CCc1nnc(N2CCCN(CCBr)CC2)nc1CC. The highest BCUT2D eigenvalue weighted by Gasteiger charge is 2.18. The van der Waals surface area contributed by atoms with Gasteiger partial charge in [0, 0.05) is 31.5 Å². The van der Waals surface area contributed by atoms with Crippen molar-refractivity contribution in [2.75, 3.05) is 43.0 Å². The Labute approximate surface area is 129 Å². The van der Waals surface area contributed by atoms with E-state index < -0.39 is 0 Å². The van der Waals surface area contributed by atoms with Crippen LogP contribution in [0.25, 0.3) is 0 Å². The van der Waals surface area contributed by atoms with Gasteiger partial charge in [-0.25, -0.2) is 4.98 Å². The number of hydrogen-bond donors (Lipinski definition) is 0. The first kappa shape index (κ1) is 15.6. The summed E-state index contributed by atoms with van der Waals surface area (Å²) in [6, 6.07) is 0. The number of rotatable bonds is 5. The first-order valence-corrected chi connectivity index (χ1v) is 8.66. The van der Waals surface area contributed by atoms with Gasteiger partial charge in [0.25, 0.3) is 0 Å². The lowest BCUT2D eigenvalue weighted by Crippen LogP contribution is -2.33. The van der Waals surface area contributed by atoms with E-state index in [9.17, 15) is 0 Å². The number of aryl methyl sites for hydroxylation is 2. The van der Waals surface area contributed by atoms with E-state index in [4.69, 9.17) is 4.98 Å². The van der Waals surface area contributed by atoms with Crippen LogP contribution in [0.5, 0.6) is 0 Å². The molecule has 1 aliphatic rings. The molecule has 2 rings (SSSR count). The minimum atomic E-state index is 0.805. The summed E-state index contributed by atoms with van der Waals surface area (Å²) >= 11 is 3.52. The zero-order valence-electron chi connectivity index (χ0n) is 12.5. The molecule has 2 heterocycles. The van der Waals surface area contributed by atoms with E-state index >= 15 is 0 Å². The summed E-state index contributed by atoms with van der Waals surface area (Å²) in [4.78, 5) is 9.49. The maximum atomic E-state index is 4.72. The van der Waals surface area contributed by atoms with Crippen LogP contribution in [-0.2, 0) is 12.8 Å². The van der Waals surface area contributed by atoms with Crippen LogP contribution in [0, 0.1) is 0 Å². The molecule has 112 valence electrons. The molecule has 20 heavy (non-hydrogen) atoms. The fraction of sp³-hybridized carbons (Fsp3) is 0.786. The first-order chi connectivity index (χ1) is 9.78. The highest BCUT2D eigenvalue weighted by atomic mass is 79.9. The number of anilines is 1. The molecule has 0 saturated carbocycles. The molecule has 1 aromatic heterocycles. The number of alkyl halides is 1. The van der Waals surface area contributed by atoms with Gasteiger partial charge in [0.1, 0.15) is 0 Å². The molecular formula is C14H24BrN5. The Bertz CT molecular complexity index is 426. The third-order valence-electron chi connectivity index (χ3n) is 3.77. The zero-order chi connectivity index (χ0) is 14.4. The molecule has 0 unspecified atom stereocenters. The number of halogens is 1. The molecule has 0 spiro atoms. The molecule has 1 saturated heterocycles. The van der Waals surface area contributed by atoms with Gasteiger partial charge in [-0.1, -0.05) is 29.8 Å². The average molecular weight is 342 g/mol. The maximum absolute atomic E-state index is 4.72. The van der Waals surface area contributed by atoms with Crippen molar-refractivity contribution < 1.29 is 0 Å². The summed E-state index contributed by atoms with van der Waals surface area (Å²) in [5, 5.41) is 9.72. The Morgan fingerprint density at radius 2 is 1.80 bits per heavy atom. The van der Waals surface area contributed by atoms with E-state index in [0.29, 0.717) is 0 Å². The Balaban J connectivity index is 2.07. The quantitative estimate of drug-likeness (QED) is 0.765. The average Bonchev–Trinajstić information content (AvgIpc) is 2.72. The molecule has 0 atom stereocenters. The third-order valence-corrected chi connectivity index (χ3v) is 4.12. The highest BCUT2D eigenvalue weighted by Crippen LogP contribution is 2.13. The van der Waals surface area contributed by atoms with Gasteiger partial charge in [-0.05, 0) is 25.8 Å². The van der Waals surface area contributed by atoms with Gasteiger partial charge in [0.05, 0.1) is 11.4 Å². The van der Waals surface area contributed by atoms with Crippen LogP contribution in [0.15, 0.2) is 0 Å². The molecule has 5 nitrogen and oxygen atoms in total. The van der Waals surface area contributed by atoms with Gasteiger partial charge < -0.3 is 9.80 Å². The van der Waals surface area contributed by atoms with Crippen molar-refractivity contribution in [2.24, 2.45) is 0 Å². The predicted octanol–water partition coefficient (Wildman–Crippen LogP) is 1.90. The molecule has 0 aromatic carbocycles. The molecule has 0 amide bonds. The van der Waals surface area contributed by atoms with Gasteiger partial charge in [0.2, 0.25) is 5.95 Å². The molecule has 1 fully saturated rings. The molecule has 0 radical (unpaired) electrons. The van der Waals surface area contributed by atoms with Crippen molar-refractivity contribution in [2.45, 2.75) is 33.1 Å². The standard InChI is InChI=1S/C14H24BrN5/c1-3-12-13(4-2)17-18-14(16-12)20-8-5-7-19(9-6-15)10-11-20/h3-11H2,1-2H3. The highest BCUT2D eigenvalue weighted by molar-refractivity contribution is 9.09. The van der Waals surface area contributed by atoms with E-state index in [0.717, 1.165) is 74.7 Å². The van der Waals surface area contributed by atoms with Crippen molar-refractivity contribution in [1.29, 1.82) is 0 Å². The van der Waals surface area contributed by atoms with E-state index in [-0.39, 0.29) is 0 Å². The summed E-state index contributed by atoms with van der Waals surface area (Å²) in [5.74, 6) is 0.805. The van der Waals surface area contributed by atoms with Crippen LogP contribution in [0.4, 0.5) is 5.95 Å². The van der Waals surface area contributed by atoms with Crippen LogP contribution in [0.1, 0.15) is 31.7 Å². The van der Waals surface area contributed by atoms with E-state index in [1.807, 2.05) is 0 Å². The van der Waals surface area contributed by atoms with Crippen molar-refractivity contribution in [3.63, 3.8) is 0 Å². The van der Waals surface area contributed by atoms with Gasteiger partial charge in [-0.2, -0.15) is 5.10 Å². The van der Waals surface area contributed by atoms with E-state index in [1.165, 1.54) is 0 Å². The van der Waals surface area contributed by atoms with Crippen molar-refractivity contribution >= 4 is 21.9 Å². The monoisotopic (exact) mass is 341 g/mol. The fourth-order valence-corrected chi connectivity index (χ4v) is 3.08. The summed E-state index contributed by atoms with van der Waals surface area (Å²) in [5.41, 5.74) is 2.13. The number of hydrogen-bond acceptors (Lipinski definition) is 5. The predicted molar refractivity (Wildman–Crippen MR) is 85.6 cm³/mol. The van der Waals surface area contributed by atoms with Crippen molar-refractivity contribution in [1.82, 2.24) is 20.1 Å². The van der Waals surface area contributed by atoms with Crippen LogP contribution in [-0.4, -0.2) is 58.1 Å². The second kappa shape index (κ2) is 7.88. The summed E-state index contributed by atoms with van der Waals surface area (Å²) in [6.07, 6.45) is 2.99. The smallest absolute Gasteiger partial charge is 0.245 e. The first-order valence-electron chi connectivity index (χ1n) is 7.54. The molecule has 0 aliphatic carbocycles. The largest absolute Gasteiger partial charge is 0.338 e. The van der Waals surface area contributed by atoms with Crippen LogP contribution < -0.4 is 4.90 Å². The Morgan fingerprint density at radius 1 is 1.00 bits per heavy atom. The lowest BCUT2D eigenvalue weighted by Gasteiger charge is -2.21. The Hall–Kier alpha value is -0.750.